The van der Waals surface area contributed by atoms with Gasteiger partial charge in [0.2, 0.25) is 5.91 Å². The molecule has 0 aliphatic carbocycles. The minimum atomic E-state index is -1.09. The van der Waals surface area contributed by atoms with Crippen molar-refractivity contribution < 1.29 is 14.7 Å². The Morgan fingerprint density at radius 1 is 1.45 bits per heavy atom. The summed E-state index contributed by atoms with van der Waals surface area (Å²) in [4.78, 5) is 20.9. The van der Waals surface area contributed by atoms with Gasteiger partial charge in [-0.1, -0.05) is 0 Å². The minimum absolute atomic E-state index is 0.0163. The van der Waals surface area contributed by atoms with E-state index in [9.17, 15) is 9.59 Å². The molecule has 64 valence electrons. The Labute approximate surface area is 75.2 Å². The van der Waals surface area contributed by atoms with Gasteiger partial charge in [0.05, 0.1) is 5.75 Å². The molecule has 0 aliphatic heterocycles. The number of carbonyl (C=O) groups is 2. The highest BCUT2D eigenvalue weighted by molar-refractivity contribution is 7.81. The van der Waals surface area contributed by atoms with Crippen LogP contribution in [0.1, 0.15) is 0 Å². The number of hydrogen-bond acceptors (Lipinski definition) is 4. The molecule has 6 heteroatoms. The summed E-state index contributed by atoms with van der Waals surface area (Å²) in [7, 11) is 0. The third kappa shape index (κ3) is 4.15. The molecule has 0 aromatic carbocycles. The lowest BCUT2D eigenvalue weighted by Gasteiger charge is -2.09. The summed E-state index contributed by atoms with van der Waals surface area (Å²) in [6.45, 7) is 0. The molecule has 0 saturated heterocycles. The highest BCUT2D eigenvalue weighted by atomic mass is 32.1. The molecule has 2 N–H and O–H groups in total. The predicted molar refractivity (Wildman–Crippen MR) is 47.3 cm³/mol. The molecule has 0 bridgehead atoms. The number of carbonyl (C=O) groups excluding carboxylic acids is 1. The summed E-state index contributed by atoms with van der Waals surface area (Å²) in [6, 6.07) is -0.919. The molecule has 1 atom stereocenters. The second kappa shape index (κ2) is 5.31. The molecule has 0 rings (SSSR count). The molecule has 0 spiro atoms. The van der Waals surface area contributed by atoms with Crippen LogP contribution in [-0.4, -0.2) is 34.5 Å². The quantitative estimate of drug-likeness (QED) is 0.454. The van der Waals surface area contributed by atoms with Gasteiger partial charge in [0.15, 0.2) is 0 Å². The first-order chi connectivity index (χ1) is 5.11. The largest absolute Gasteiger partial charge is 0.480 e. The van der Waals surface area contributed by atoms with Crippen LogP contribution in [0.5, 0.6) is 0 Å². The first-order valence-corrected chi connectivity index (χ1v) is 4.12. The van der Waals surface area contributed by atoms with Gasteiger partial charge in [0.25, 0.3) is 0 Å². The molecule has 0 radical (unpaired) electrons. The van der Waals surface area contributed by atoms with Crippen molar-refractivity contribution in [1.82, 2.24) is 5.32 Å². The zero-order chi connectivity index (χ0) is 8.85. The Kier molecular flexibility index (Phi) is 5.14. The second-order valence-corrected chi connectivity index (χ2v) is 2.48. The summed E-state index contributed by atoms with van der Waals surface area (Å²) in [6.07, 6.45) is 0. The Bertz CT molecular complexity index is 162. The smallest absolute Gasteiger partial charge is 0.327 e. The monoisotopic (exact) mass is 195 g/mol. The van der Waals surface area contributed by atoms with E-state index in [-0.39, 0.29) is 11.5 Å². The maximum Gasteiger partial charge on any atom is 0.327 e. The molecule has 0 fully saturated rings. The molecule has 4 nitrogen and oxygen atoms in total. The van der Waals surface area contributed by atoms with Crippen molar-refractivity contribution in [1.29, 1.82) is 0 Å². The van der Waals surface area contributed by atoms with Crippen LogP contribution in [0.15, 0.2) is 0 Å². The summed E-state index contributed by atoms with van der Waals surface area (Å²) in [5.41, 5.74) is 0. The van der Waals surface area contributed by atoms with Gasteiger partial charge in [0.1, 0.15) is 6.04 Å². The van der Waals surface area contributed by atoms with Gasteiger partial charge in [-0.05, 0) is 0 Å². The van der Waals surface area contributed by atoms with Gasteiger partial charge in [0, 0.05) is 5.75 Å². The van der Waals surface area contributed by atoms with E-state index in [1.165, 1.54) is 0 Å². The summed E-state index contributed by atoms with van der Waals surface area (Å²) in [5, 5.41) is 10.7. The Hall–Kier alpha value is -0.360. The minimum Gasteiger partial charge on any atom is -0.480 e. The fourth-order valence-corrected chi connectivity index (χ4v) is 0.764. The van der Waals surface area contributed by atoms with Crippen LogP contribution in [0.25, 0.3) is 0 Å². The zero-order valence-electron chi connectivity index (χ0n) is 5.65. The second-order valence-electron chi connectivity index (χ2n) is 1.80. The predicted octanol–water partition coefficient (Wildman–Crippen LogP) is -0.585. The molecule has 0 aliphatic rings. The van der Waals surface area contributed by atoms with Crippen LogP contribution in [0.3, 0.4) is 0 Å². The third-order valence-electron chi connectivity index (χ3n) is 0.959. The number of amides is 1. The molecule has 0 unspecified atom stereocenters. The number of hydrogen-bond donors (Lipinski definition) is 4. The van der Waals surface area contributed by atoms with Gasteiger partial charge >= 0.3 is 5.97 Å². The third-order valence-corrected chi connectivity index (χ3v) is 1.61. The van der Waals surface area contributed by atoms with Gasteiger partial charge in [-0.3, -0.25) is 4.79 Å². The lowest BCUT2D eigenvalue weighted by atomic mass is 10.3. The molecular formula is C5H9NO3S2. The number of rotatable bonds is 4. The molecule has 0 aromatic rings. The zero-order valence-corrected chi connectivity index (χ0v) is 7.44. The number of aliphatic carboxylic acids is 1. The van der Waals surface area contributed by atoms with Crippen molar-refractivity contribution in [3.63, 3.8) is 0 Å². The van der Waals surface area contributed by atoms with Crippen LogP contribution in [0.2, 0.25) is 0 Å². The van der Waals surface area contributed by atoms with E-state index in [1.54, 1.807) is 0 Å². The fourth-order valence-electron chi connectivity index (χ4n) is 0.425. The summed E-state index contributed by atoms with van der Waals surface area (Å²) in [5.74, 6) is -1.43. The lowest BCUT2D eigenvalue weighted by Crippen LogP contribution is -2.42. The number of thiol groups is 2. The van der Waals surface area contributed by atoms with Crippen LogP contribution in [0, 0.1) is 0 Å². The first-order valence-electron chi connectivity index (χ1n) is 2.85. The van der Waals surface area contributed by atoms with Crippen LogP contribution in [-0.2, 0) is 9.59 Å². The van der Waals surface area contributed by atoms with Gasteiger partial charge < -0.3 is 10.4 Å². The standard InChI is InChI=1S/C5H9NO3S2/c7-4(2-11)6-3(1-10)5(8)9/h3,10-11H,1-2H2,(H,6,7)(H,8,9)/t3-/m0/s1. The first kappa shape index (κ1) is 10.6. The topological polar surface area (TPSA) is 66.4 Å². The van der Waals surface area contributed by atoms with E-state index in [4.69, 9.17) is 5.11 Å². The Morgan fingerprint density at radius 3 is 2.27 bits per heavy atom. The fraction of sp³-hybridized carbons (Fsp3) is 0.600. The molecule has 11 heavy (non-hydrogen) atoms. The van der Waals surface area contributed by atoms with Crippen molar-refractivity contribution in [2.45, 2.75) is 6.04 Å². The SMILES string of the molecule is O=C(CS)N[C@@H](CS)C(=O)O. The molecule has 0 aromatic heterocycles. The average molecular weight is 195 g/mol. The molecular weight excluding hydrogens is 186 g/mol. The van der Waals surface area contributed by atoms with Crippen LogP contribution in [0.4, 0.5) is 0 Å². The Morgan fingerprint density at radius 2 is 2.00 bits per heavy atom. The Balaban J connectivity index is 3.88. The maximum atomic E-state index is 10.6. The number of carboxylic acids is 1. The normalized spacial score (nSPS) is 12.2. The summed E-state index contributed by atoms with van der Waals surface area (Å²) >= 11 is 7.42. The van der Waals surface area contributed by atoms with Crippen molar-refractivity contribution in [2.24, 2.45) is 0 Å². The van der Waals surface area contributed by atoms with E-state index in [1.807, 2.05) is 0 Å². The molecule has 0 saturated carbocycles. The van der Waals surface area contributed by atoms with E-state index in [0.717, 1.165) is 0 Å². The number of nitrogens with one attached hydrogen (secondary N) is 1. The van der Waals surface area contributed by atoms with Crippen molar-refractivity contribution >= 4 is 37.1 Å². The van der Waals surface area contributed by atoms with Crippen LogP contribution >= 0.6 is 25.3 Å². The van der Waals surface area contributed by atoms with Crippen molar-refractivity contribution in [3.05, 3.63) is 0 Å². The van der Waals surface area contributed by atoms with Gasteiger partial charge in [-0.25, -0.2) is 4.79 Å². The van der Waals surface area contributed by atoms with E-state index >= 15 is 0 Å². The van der Waals surface area contributed by atoms with Gasteiger partial charge in [-0.2, -0.15) is 25.3 Å². The van der Waals surface area contributed by atoms with Crippen molar-refractivity contribution in [3.8, 4) is 0 Å². The van der Waals surface area contributed by atoms with Gasteiger partial charge in [-0.15, -0.1) is 0 Å². The number of carboxylic acid groups (broad SMARTS) is 1. The van der Waals surface area contributed by atoms with E-state index in [0.29, 0.717) is 0 Å². The molecule has 0 heterocycles. The maximum absolute atomic E-state index is 10.6. The lowest BCUT2D eigenvalue weighted by molar-refractivity contribution is -0.140. The highest BCUT2D eigenvalue weighted by Gasteiger charge is 2.16. The summed E-state index contributed by atoms with van der Waals surface area (Å²) < 4.78 is 0. The van der Waals surface area contributed by atoms with Crippen LogP contribution < -0.4 is 5.32 Å². The van der Waals surface area contributed by atoms with E-state index in [2.05, 4.69) is 30.6 Å². The highest BCUT2D eigenvalue weighted by Crippen LogP contribution is 1.88. The van der Waals surface area contributed by atoms with Crippen molar-refractivity contribution in [2.75, 3.05) is 11.5 Å². The average Bonchev–Trinajstić information content (AvgIpc) is 1.99. The molecule has 1 amide bonds. The van der Waals surface area contributed by atoms with E-state index < -0.39 is 17.9 Å².